The summed E-state index contributed by atoms with van der Waals surface area (Å²) in [5, 5.41) is 13.1. The average Bonchev–Trinajstić information content (AvgIpc) is 3.10. The molecule has 2 aliphatic rings. The largest absolute Gasteiger partial charge is 0.497 e. The summed E-state index contributed by atoms with van der Waals surface area (Å²) in [7, 11) is 1.64. The number of carboxylic acids is 1. The summed E-state index contributed by atoms with van der Waals surface area (Å²) in [5.74, 6) is -0.105. The maximum absolute atomic E-state index is 12.1. The molecule has 0 atom stereocenters. The van der Waals surface area contributed by atoms with Gasteiger partial charge in [-0.2, -0.15) is 0 Å². The summed E-state index contributed by atoms with van der Waals surface area (Å²) < 4.78 is 5.24. The number of aromatic carboxylic acids is 1. The summed E-state index contributed by atoms with van der Waals surface area (Å²) in [6, 6.07) is 9.81. The van der Waals surface area contributed by atoms with Crippen LogP contribution in [0.25, 0.3) is 22.5 Å². The second-order valence-corrected chi connectivity index (χ2v) is 8.24. The number of aryl methyl sites for hydroxylation is 1. The maximum atomic E-state index is 12.1. The van der Waals surface area contributed by atoms with E-state index in [1.165, 1.54) is 0 Å². The summed E-state index contributed by atoms with van der Waals surface area (Å²) in [6.45, 7) is 1.38. The van der Waals surface area contributed by atoms with Crippen molar-refractivity contribution in [3.63, 3.8) is 0 Å². The van der Waals surface area contributed by atoms with E-state index in [0.717, 1.165) is 45.8 Å². The van der Waals surface area contributed by atoms with Crippen molar-refractivity contribution in [3.8, 4) is 28.3 Å². The van der Waals surface area contributed by atoms with Gasteiger partial charge in [0.2, 0.25) is 0 Å². The fraction of sp³-hybridized carbons (Fsp3) is 0.304. The van der Waals surface area contributed by atoms with Crippen LogP contribution in [0.5, 0.6) is 5.75 Å². The first kappa shape index (κ1) is 18.8. The number of carboxylic acid groups (broad SMARTS) is 1. The lowest BCUT2D eigenvalue weighted by molar-refractivity contribution is 0.0694. The smallest absolute Gasteiger partial charge is 0.337 e. The fourth-order valence-electron chi connectivity index (χ4n) is 4.48. The monoisotopic (exact) mass is 404 g/mol. The number of carbonyl (C=O) groups is 1. The van der Waals surface area contributed by atoms with Gasteiger partial charge in [-0.15, -0.1) is 0 Å². The highest BCUT2D eigenvalue weighted by atomic mass is 16.5. The normalized spacial score (nSPS) is 16.3. The SMILES string of the molecule is COc1ccc(-c2cc3c(cn2)CCc2c-3[nH]c(CC3(N)CNC3)c2C(=O)O)cc1. The molecule has 5 rings (SSSR count). The number of hydrogen-bond acceptors (Lipinski definition) is 5. The number of pyridine rings is 1. The van der Waals surface area contributed by atoms with Gasteiger partial charge >= 0.3 is 5.97 Å². The number of nitrogens with two attached hydrogens (primary N) is 1. The van der Waals surface area contributed by atoms with Gasteiger partial charge in [-0.05, 0) is 54.3 Å². The van der Waals surface area contributed by atoms with Crippen molar-refractivity contribution < 1.29 is 14.6 Å². The van der Waals surface area contributed by atoms with E-state index >= 15 is 0 Å². The second kappa shape index (κ2) is 6.97. The highest BCUT2D eigenvalue weighted by molar-refractivity contribution is 5.95. The van der Waals surface area contributed by atoms with Crippen molar-refractivity contribution in [1.29, 1.82) is 0 Å². The van der Waals surface area contributed by atoms with E-state index in [4.69, 9.17) is 10.5 Å². The average molecular weight is 404 g/mol. The van der Waals surface area contributed by atoms with E-state index in [2.05, 4.69) is 15.3 Å². The van der Waals surface area contributed by atoms with Gasteiger partial charge in [0.1, 0.15) is 5.75 Å². The Morgan fingerprint density at radius 3 is 2.67 bits per heavy atom. The Bertz CT molecular complexity index is 1130. The van der Waals surface area contributed by atoms with Gasteiger partial charge in [-0.25, -0.2) is 4.79 Å². The molecule has 3 heterocycles. The Morgan fingerprint density at radius 1 is 1.27 bits per heavy atom. The van der Waals surface area contributed by atoms with Crippen LogP contribution in [0.1, 0.15) is 27.2 Å². The number of ether oxygens (including phenoxy) is 1. The van der Waals surface area contributed by atoms with Crippen LogP contribution in [-0.2, 0) is 19.3 Å². The maximum Gasteiger partial charge on any atom is 0.337 e. The second-order valence-electron chi connectivity index (χ2n) is 8.24. The number of nitrogens with zero attached hydrogens (tertiary/aromatic N) is 1. The number of aromatic amines is 1. The zero-order valence-electron chi connectivity index (χ0n) is 16.8. The summed E-state index contributed by atoms with van der Waals surface area (Å²) >= 11 is 0. The molecular formula is C23H24N4O3. The highest BCUT2D eigenvalue weighted by Gasteiger charge is 2.36. The highest BCUT2D eigenvalue weighted by Crippen LogP contribution is 2.38. The number of H-pyrrole nitrogens is 1. The zero-order chi connectivity index (χ0) is 20.9. The predicted molar refractivity (Wildman–Crippen MR) is 114 cm³/mol. The van der Waals surface area contributed by atoms with E-state index in [1.807, 2.05) is 36.5 Å². The molecule has 7 heteroatoms. The van der Waals surface area contributed by atoms with E-state index < -0.39 is 11.5 Å². The van der Waals surface area contributed by atoms with Crippen molar-refractivity contribution in [2.45, 2.75) is 24.8 Å². The third kappa shape index (κ3) is 3.07. The van der Waals surface area contributed by atoms with Crippen molar-refractivity contribution in [2.75, 3.05) is 20.2 Å². The number of aromatic nitrogens is 2. The lowest BCUT2D eigenvalue weighted by Gasteiger charge is -2.39. The Morgan fingerprint density at radius 2 is 2.03 bits per heavy atom. The van der Waals surface area contributed by atoms with E-state index in [9.17, 15) is 9.90 Å². The molecule has 0 spiro atoms. The molecular weight excluding hydrogens is 380 g/mol. The Labute approximate surface area is 174 Å². The number of hydrogen-bond donors (Lipinski definition) is 4. The lowest BCUT2D eigenvalue weighted by Crippen LogP contribution is -2.66. The molecule has 2 aromatic heterocycles. The number of nitrogens with one attached hydrogen (secondary N) is 2. The van der Waals surface area contributed by atoms with Crippen LogP contribution >= 0.6 is 0 Å². The van der Waals surface area contributed by atoms with Gasteiger partial charge in [0, 0.05) is 48.1 Å². The van der Waals surface area contributed by atoms with Crippen LogP contribution in [0.15, 0.2) is 36.5 Å². The molecule has 0 bridgehead atoms. The lowest BCUT2D eigenvalue weighted by atomic mass is 9.85. The Hall–Kier alpha value is -3.16. The van der Waals surface area contributed by atoms with Gasteiger partial charge in [0.15, 0.2) is 0 Å². The minimum absolute atomic E-state index is 0.384. The minimum atomic E-state index is -0.897. The first-order valence-corrected chi connectivity index (χ1v) is 10.1. The predicted octanol–water partition coefficient (Wildman–Crippen LogP) is 2.39. The standard InChI is InChI=1S/C23H24N4O3/c1-30-15-5-2-13(3-6-15)18-8-17-14(10-26-18)4-7-16-20(22(28)29)19(27-21(16)17)9-23(24)11-25-12-23/h2-3,5-6,8,10,25,27H,4,7,9,11-12,24H2,1H3,(H,28,29). The van der Waals surface area contributed by atoms with Gasteiger partial charge in [0.05, 0.1) is 24.1 Å². The molecule has 1 saturated heterocycles. The van der Waals surface area contributed by atoms with Crippen LogP contribution in [0, 0.1) is 0 Å². The quantitative estimate of drug-likeness (QED) is 0.519. The van der Waals surface area contributed by atoms with Crippen LogP contribution in [0.4, 0.5) is 0 Å². The third-order valence-corrected chi connectivity index (χ3v) is 6.16. The van der Waals surface area contributed by atoms with Gasteiger partial charge in [-0.1, -0.05) is 0 Å². The van der Waals surface area contributed by atoms with Crippen LogP contribution in [-0.4, -0.2) is 46.8 Å². The van der Waals surface area contributed by atoms with Gasteiger partial charge in [-0.3, -0.25) is 4.98 Å². The summed E-state index contributed by atoms with van der Waals surface area (Å²) in [5.41, 5.74) is 12.8. The van der Waals surface area contributed by atoms with Gasteiger partial charge in [0.25, 0.3) is 0 Å². The molecule has 0 saturated carbocycles. The molecule has 7 nitrogen and oxygen atoms in total. The molecule has 1 aliphatic carbocycles. The zero-order valence-corrected chi connectivity index (χ0v) is 16.8. The fourth-order valence-corrected chi connectivity index (χ4v) is 4.48. The van der Waals surface area contributed by atoms with E-state index in [0.29, 0.717) is 37.2 Å². The van der Waals surface area contributed by atoms with Crippen LogP contribution in [0.2, 0.25) is 0 Å². The molecule has 1 aliphatic heterocycles. The molecule has 3 aromatic rings. The summed E-state index contributed by atoms with van der Waals surface area (Å²) in [6.07, 6.45) is 3.87. The number of rotatable bonds is 5. The molecule has 0 unspecified atom stereocenters. The third-order valence-electron chi connectivity index (χ3n) is 6.16. The molecule has 5 N–H and O–H groups in total. The summed E-state index contributed by atoms with van der Waals surface area (Å²) in [4.78, 5) is 20.2. The molecule has 0 amide bonds. The van der Waals surface area contributed by atoms with Crippen LogP contribution < -0.4 is 15.8 Å². The Kier molecular flexibility index (Phi) is 4.38. The molecule has 154 valence electrons. The number of benzene rings is 1. The van der Waals surface area contributed by atoms with Crippen molar-refractivity contribution in [3.05, 3.63) is 58.9 Å². The van der Waals surface area contributed by atoms with Gasteiger partial charge < -0.3 is 25.9 Å². The van der Waals surface area contributed by atoms with E-state index in [-0.39, 0.29) is 0 Å². The topological polar surface area (TPSA) is 113 Å². The molecule has 1 fully saturated rings. The van der Waals surface area contributed by atoms with Crippen LogP contribution in [0.3, 0.4) is 0 Å². The van der Waals surface area contributed by atoms with Crippen molar-refractivity contribution in [2.24, 2.45) is 5.73 Å². The van der Waals surface area contributed by atoms with Crippen molar-refractivity contribution in [1.82, 2.24) is 15.3 Å². The molecule has 0 radical (unpaired) electrons. The first-order valence-electron chi connectivity index (χ1n) is 10.1. The molecule has 1 aromatic carbocycles. The van der Waals surface area contributed by atoms with E-state index in [1.54, 1.807) is 7.11 Å². The Balaban J connectivity index is 1.59. The number of fused-ring (bicyclic) bond motifs is 3. The van der Waals surface area contributed by atoms with Crippen molar-refractivity contribution >= 4 is 5.97 Å². The molecule has 30 heavy (non-hydrogen) atoms. The first-order chi connectivity index (χ1) is 14.5. The number of methoxy groups -OCH3 is 1. The minimum Gasteiger partial charge on any atom is -0.497 e.